The van der Waals surface area contributed by atoms with Crippen molar-refractivity contribution in [1.29, 1.82) is 0 Å². The summed E-state index contributed by atoms with van der Waals surface area (Å²) >= 11 is 7.30. The van der Waals surface area contributed by atoms with Gasteiger partial charge in [-0.05, 0) is 43.7 Å². The number of amides is 1. The van der Waals surface area contributed by atoms with Crippen molar-refractivity contribution in [1.82, 2.24) is 4.98 Å². The average Bonchev–Trinajstić information content (AvgIpc) is 3.12. The lowest BCUT2D eigenvalue weighted by Gasteiger charge is -2.20. The fourth-order valence-electron chi connectivity index (χ4n) is 2.94. The Hall–Kier alpha value is -2.90. The van der Waals surface area contributed by atoms with Crippen LogP contribution in [0.5, 0.6) is 0 Å². The summed E-state index contributed by atoms with van der Waals surface area (Å²) in [4.78, 5) is 18.4. The average molecular weight is 442 g/mol. The SMILES string of the molecule is CCN(CC)c1ccc(/C=N/Nc2nc(-c3ccc(Cl)cc3)c(NC(C)=O)s2)cc1. The largest absolute Gasteiger partial charge is 0.372 e. The Morgan fingerprint density at radius 3 is 2.40 bits per heavy atom. The molecule has 1 heterocycles. The molecule has 3 rings (SSSR count). The molecule has 8 heteroatoms. The molecular formula is C22H24ClN5OS. The number of hydrogen-bond acceptors (Lipinski definition) is 6. The van der Waals surface area contributed by atoms with Gasteiger partial charge in [0.05, 0.1) is 6.21 Å². The van der Waals surface area contributed by atoms with Crippen LogP contribution in [0.3, 0.4) is 0 Å². The van der Waals surface area contributed by atoms with Crippen LogP contribution >= 0.6 is 22.9 Å². The highest BCUT2D eigenvalue weighted by Crippen LogP contribution is 2.36. The second-order valence-corrected chi connectivity index (χ2v) is 7.95. The van der Waals surface area contributed by atoms with Gasteiger partial charge >= 0.3 is 0 Å². The maximum absolute atomic E-state index is 11.6. The zero-order valence-electron chi connectivity index (χ0n) is 17.1. The lowest BCUT2D eigenvalue weighted by atomic mass is 10.2. The quantitative estimate of drug-likeness (QED) is 0.346. The van der Waals surface area contributed by atoms with Crippen LogP contribution in [0, 0.1) is 0 Å². The van der Waals surface area contributed by atoms with E-state index in [0.29, 0.717) is 20.8 Å². The molecule has 3 aromatic rings. The summed E-state index contributed by atoms with van der Waals surface area (Å²) in [6, 6.07) is 15.6. The van der Waals surface area contributed by atoms with Gasteiger partial charge in [0.1, 0.15) is 10.7 Å². The van der Waals surface area contributed by atoms with E-state index in [1.54, 1.807) is 18.3 Å². The second kappa shape index (κ2) is 10.2. The highest BCUT2D eigenvalue weighted by Gasteiger charge is 2.14. The highest BCUT2D eigenvalue weighted by molar-refractivity contribution is 7.20. The predicted molar refractivity (Wildman–Crippen MR) is 128 cm³/mol. The number of nitrogens with one attached hydrogen (secondary N) is 2. The molecule has 30 heavy (non-hydrogen) atoms. The van der Waals surface area contributed by atoms with E-state index in [1.807, 2.05) is 24.3 Å². The first-order valence-corrected chi connectivity index (χ1v) is 10.9. The molecule has 156 valence electrons. The Labute approximate surface area is 185 Å². The number of benzene rings is 2. The van der Waals surface area contributed by atoms with E-state index in [0.717, 1.165) is 24.2 Å². The molecule has 2 N–H and O–H groups in total. The van der Waals surface area contributed by atoms with Gasteiger partial charge in [0.2, 0.25) is 11.0 Å². The molecular weight excluding hydrogens is 418 g/mol. The second-order valence-electron chi connectivity index (χ2n) is 6.52. The van der Waals surface area contributed by atoms with Crippen molar-refractivity contribution in [2.24, 2.45) is 5.10 Å². The number of hydrogen-bond donors (Lipinski definition) is 2. The normalized spacial score (nSPS) is 10.9. The predicted octanol–water partition coefficient (Wildman–Crippen LogP) is 5.71. The van der Waals surface area contributed by atoms with E-state index in [1.165, 1.54) is 23.9 Å². The van der Waals surface area contributed by atoms with Crippen LogP contribution in [-0.4, -0.2) is 30.2 Å². The molecule has 1 amide bonds. The fourth-order valence-corrected chi connectivity index (χ4v) is 3.95. The van der Waals surface area contributed by atoms with Gasteiger partial charge in [-0.1, -0.05) is 47.2 Å². The number of halogens is 1. The fraction of sp³-hybridized carbons (Fsp3) is 0.227. The number of thiazole rings is 1. The van der Waals surface area contributed by atoms with Crippen LogP contribution in [0.1, 0.15) is 26.3 Å². The summed E-state index contributed by atoms with van der Waals surface area (Å²) in [5.74, 6) is -0.155. The first-order valence-electron chi connectivity index (χ1n) is 9.68. The summed E-state index contributed by atoms with van der Waals surface area (Å²) in [6.45, 7) is 7.71. The number of anilines is 3. The molecule has 0 atom stereocenters. The Morgan fingerprint density at radius 2 is 1.80 bits per heavy atom. The van der Waals surface area contributed by atoms with Gasteiger partial charge in [-0.25, -0.2) is 4.98 Å². The Bertz CT molecular complexity index is 1010. The van der Waals surface area contributed by atoms with Crippen molar-refractivity contribution in [3.05, 3.63) is 59.1 Å². The molecule has 0 saturated heterocycles. The van der Waals surface area contributed by atoms with Crippen LogP contribution in [0.25, 0.3) is 11.3 Å². The lowest BCUT2D eigenvalue weighted by Crippen LogP contribution is -2.21. The van der Waals surface area contributed by atoms with Crippen molar-refractivity contribution in [2.45, 2.75) is 20.8 Å². The van der Waals surface area contributed by atoms with Gasteiger partial charge < -0.3 is 10.2 Å². The Balaban J connectivity index is 1.74. The molecule has 0 spiro atoms. The molecule has 6 nitrogen and oxygen atoms in total. The van der Waals surface area contributed by atoms with Gasteiger partial charge in [0.25, 0.3) is 0 Å². The van der Waals surface area contributed by atoms with Crippen molar-refractivity contribution < 1.29 is 4.79 Å². The number of rotatable bonds is 8. The van der Waals surface area contributed by atoms with Gasteiger partial charge in [-0.3, -0.25) is 10.2 Å². The minimum atomic E-state index is -0.155. The molecule has 2 aromatic carbocycles. The summed E-state index contributed by atoms with van der Waals surface area (Å²) in [6.07, 6.45) is 1.74. The van der Waals surface area contributed by atoms with Crippen LogP contribution in [-0.2, 0) is 4.79 Å². The number of carbonyl (C=O) groups is 1. The number of aromatic nitrogens is 1. The number of carbonyl (C=O) groups excluding carboxylic acids is 1. The molecule has 0 unspecified atom stereocenters. The number of hydrazone groups is 1. The van der Waals surface area contributed by atoms with Gasteiger partial charge in [-0.15, -0.1) is 0 Å². The summed E-state index contributed by atoms with van der Waals surface area (Å²) in [5, 5.41) is 9.01. The summed E-state index contributed by atoms with van der Waals surface area (Å²) in [5.41, 5.74) is 6.67. The Kier molecular flexibility index (Phi) is 7.43. The zero-order valence-corrected chi connectivity index (χ0v) is 18.7. The minimum Gasteiger partial charge on any atom is -0.372 e. The molecule has 0 bridgehead atoms. The first-order chi connectivity index (χ1) is 14.5. The topological polar surface area (TPSA) is 69.6 Å². The summed E-state index contributed by atoms with van der Waals surface area (Å²) in [7, 11) is 0. The van der Waals surface area contributed by atoms with E-state index < -0.39 is 0 Å². The molecule has 0 aliphatic rings. The third-order valence-corrected chi connectivity index (χ3v) is 5.56. The zero-order chi connectivity index (χ0) is 21.5. The van der Waals surface area contributed by atoms with E-state index in [4.69, 9.17) is 11.6 Å². The van der Waals surface area contributed by atoms with Crippen molar-refractivity contribution in [3.8, 4) is 11.3 Å². The van der Waals surface area contributed by atoms with Gasteiger partial charge in [-0.2, -0.15) is 5.10 Å². The maximum Gasteiger partial charge on any atom is 0.221 e. The first kappa shape index (κ1) is 21.8. The standard InChI is InChI=1S/C22H24ClN5OS/c1-4-28(5-2)19-12-6-16(7-13-19)14-24-27-22-26-20(21(30-22)25-15(3)29)17-8-10-18(23)11-9-17/h6-14H,4-5H2,1-3H3,(H,25,29)(H,26,27)/b24-14+. The molecule has 0 fully saturated rings. The van der Waals surface area contributed by atoms with Gasteiger partial charge in [0.15, 0.2) is 0 Å². The monoisotopic (exact) mass is 441 g/mol. The van der Waals surface area contributed by atoms with Crippen LogP contribution < -0.4 is 15.6 Å². The molecule has 0 aliphatic heterocycles. The van der Waals surface area contributed by atoms with Crippen LogP contribution in [0.15, 0.2) is 53.6 Å². The molecule has 0 radical (unpaired) electrons. The van der Waals surface area contributed by atoms with Crippen molar-refractivity contribution in [3.63, 3.8) is 0 Å². The van der Waals surface area contributed by atoms with Crippen LogP contribution in [0.2, 0.25) is 5.02 Å². The number of nitrogens with zero attached hydrogens (tertiary/aromatic N) is 3. The maximum atomic E-state index is 11.6. The summed E-state index contributed by atoms with van der Waals surface area (Å²) < 4.78 is 0. The molecule has 1 aromatic heterocycles. The Morgan fingerprint density at radius 1 is 1.13 bits per heavy atom. The third-order valence-electron chi connectivity index (χ3n) is 4.43. The minimum absolute atomic E-state index is 0.155. The lowest BCUT2D eigenvalue weighted by molar-refractivity contribution is -0.114. The van der Waals surface area contributed by atoms with Crippen LogP contribution in [0.4, 0.5) is 15.8 Å². The van der Waals surface area contributed by atoms with Crippen molar-refractivity contribution in [2.75, 3.05) is 28.7 Å². The highest BCUT2D eigenvalue weighted by atomic mass is 35.5. The third kappa shape index (κ3) is 5.58. The van der Waals surface area contributed by atoms with Crippen molar-refractivity contribution >= 4 is 50.9 Å². The van der Waals surface area contributed by atoms with Gasteiger partial charge in [0, 0.05) is 36.3 Å². The molecule has 0 aliphatic carbocycles. The van der Waals surface area contributed by atoms with E-state index in [2.05, 4.69) is 51.7 Å². The smallest absolute Gasteiger partial charge is 0.221 e. The van der Waals surface area contributed by atoms with E-state index >= 15 is 0 Å². The van der Waals surface area contributed by atoms with E-state index in [-0.39, 0.29) is 5.91 Å². The van der Waals surface area contributed by atoms with E-state index in [9.17, 15) is 4.79 Å². The molecule has 0 saturated carbocycles.